The second kappa shape index (κ2) is 6.79. The minimum Gasteiger partial charge on any atom is -0.353 e. The van der Waals surface area contributed by atoms with Crippen LogP contribution in [-0.2, 0) is 4.79 Å². The predicted molar refractivity (Wildman–Crippen MR) is 94.1 cm³/mol. The SMILES string of the molecule is Cc1ccc(-n2ccnc2SCC(=O)N[C@@H](C)C2CC2)cc1C. The van der Waals surface area contributed by atoms with Gasteiger partial charge in [-0.25, -0.2) is 4.98 Å². The fraction of sp³-hybridized carbons (Fsp3) is 0.444. The van der Waals surface area contributed by atoms with Crippen molar-refractivity contribution < 1.29 is 4.79 Å². The van der Waals surface area contributed by atoms with E-state index in [4.69, 9.17) is 0 Å². The van der Waals surface area contributed by atoms with Gasteiger partial charge in [-0.3, -0.25) is 9.36 Å². The zero-order valence-corrected chi connectivity index (χ0v) is 14.7. The fourth-order valence-corrected chi connectivity index (χ4v) is 3.39. The van der Waals surface area contributed by atoms with E-state index in [0.29, 0.717) is 17.7 Å². The molecule has 1 fully saturated rings. The third-order valence-electron chi connectivity index (χ3n) is 4.43. The number of carbonyl (C=O) groups excluding carboxylic acids is 1. The van der Waals surface area contributed by atoms with E-state index in [9.17, 15) is 4.79 Å². The molecule has 0 unspecified atom stereocenters. The van der Waals surface area contributed by atoms with Gasteiger partial charge in [0.05, 0.1) is 5.75 Å². The highest BCUT2D eigenvalue weighted by Gasteiger charge is 2.28. The average Bonchev–Trinajstić information content (AvgIpc) is 3.27. The van der Waals surface area contributed by atoms with E-state index in [0.717, 1.165) is 10.8 Å². The number of rotatable bonds is 6. The Morgan fingerprint density at radius 1 is 1.39 bits per heavy atom. The molecule has 1 aliphatic carbocycles. The molecule has 1 heterocycles. The molecule has 0 aliphatic heterocycles. The lowest BCUT2D eigenvalue weighted by molar-refractivity contribution is -0.119. The Morgan fingerprint density at radius 3 is 2.87 bits per heavy atom. The highest BCUT2D eigenvalue weighted by Crippen LogP contribution is 2.32. The topological polar surface area (TPSA) is 46.9 Å². The third kappa shape index (κ3) is 3.96. The number of aromatic nitrogens is 2. The van der Waals surface area contributed by atoms with E-state index in [1.165, 1.54) is 35.7 Å². The van der Waals surface area contributed by atoms with Crippen LogP contribution in [0.4, 0.5) is 0 Å². The Morgan fingerprint density at radius 2 is 2.17 bits per heavy atom. The van der Waals surface area contributed by atoms with E-state index in [-0.39, 0.29) is 5.91 Å². The fourth-order valence-electron chi connectivity index (χ4n) is 2.61. The number of benzene rings is 1. The molecular formula is C18H23N3OS. The van der Waals surface area contributed by atoms with E-state index >= 15 is 0 Å². The molecule has 3 rings (SSSR count). The van der Waals surface area contributed by atoms with Gasteiger partial charge < -0.3 is 5.32 Å². The van der Waals surface area contributed by atoms with Crippen LogP contribution >= 0.6 is 11.8 Å². The second-order valence-corrected chi connectivity index (χ2v) is 7.27. The van der Waals surface area contributed by atoms with Gasteiger partial charge in [0.15, 0.2) is 5.16 Å². The summed E-state index contributed by atoms with van der Waals surface area (Å²) in [5.41, 5.74) is 3.61. The molecule has 1 amide bonds. The van der Waals surface area contributed by atoms with Gasteiger partial charge in [-0.05, 0) is 62.8 Å². The van der Waals surface area contributed by atoms with Crippen LogP contribution in [0.2, 0.25) is 0 Å². The van der Waals surface area contributed by atoms with Crippen LogP contribution in [0, 0.1) is 19.8 Å². The lowest BCUT2D eigenvalue weighted by Gasteiger charge is -2.13. The molecule has 1 atom stereocenters. The van der Waals surface area contributed by atoms with Crippen LogP contribution in [-0.4, -0.2) is 27.3 Å². The monoisotopic (exact) mass is 329 g/mol. The molecular weight excluding hydrogens is 306 g/mol. The van der Waals surface area contributed by atoms with Crippen LogP contribution in [0.5, 0.6) is 0 Å². The third-order valence-corrected chi connectivity index (χ3v) is 5.39. The first-order chi connectivity index (χ1) is 11.0. The lowest BCUT2D eigenvalue weighted by atomic mass is 10.1. The molecule has 0 bridgehead atoms. The standard InChI is InChI=1S/C18H23N3OS/c1-12-4-7-16(10-13(12)2)21-9-8-19-18(21)23-11-17(22)20-14(3)15-5-6-15/h4,7-10,14-15H,5-6,11H2,1-3H3,(H,20,22)/t14-/m0/s1. The van der Waals surface area contributed by atoms with E-state index in [1.807, 2.05) is 10.8 Å². The smallest absolute Gasteiger partial charge is 0.230 e. The second-order valence-electron chi connectivity index (χ2n) is 6.33. The van der Waals surface area contributed by atoms with Gasteiger partial charge in [-0.15, -0.1) is 0 Å². The van der Waals surface area contributed by atoms with E-state index in [1.54, 1.807) is 6.20 Å². The number of hydrogen-bond donors (Lipinski definition) is 1. The maximum absolute atomic E-state index is 12.1. The number of amides is 1. The van der Waals surface area contributed by atoms with Gasteiger partial charge in [0.2, 0.25) is 5.91 Å². The van der Waals surface area contributed by atoms with Gasteiger partial charge in [0.25, 0.3) is 0 Å². The Hall–Kier alpha value is -1.75. The lowest BCUT2D eigenvalue weighted by Crippen LogP contribution is -2.35. The molecule has 122 valence electrons. The summed E-state index contributed by atoms with van der Waals surface area (Å²) in [7, 11) is 0. The maximum Gasteiger partial charge on any atom is 0.230 e. The van der Waals surface area contributed by atoms with Crippen molar-refractivity contribution in [2.75, 3.05) is 5.75 Å². The molecule has 2 aromatic rings. The molecule has 1 saturated carbocycles. The number of nitrogens with one attached hydrogen (secondary N) is 1. The highest BCUT2D eigenvalue weighted by molar-refractivity contribution is 7.99. The van der Waals surface area contributed by atoms with Crippen molar-refractivity contribution in [3.05, 3.63) is 41.7 Å². The normalized spacial score (nSPS) is 15.4. The van der Waals surface area contributed by atoms with Crippen LogP contribution in [0.1, 0.15) is 30.9 Å². The number of hydrogen-bond acceptors (Lipinski definition) is 3. The summed E-state index contributed by atoms with van der Waals surface area (Å²) in [6, 6.07) is 6.64. The van der Waals surface area contributed by atoms with Gasteiger partial charge in [-0.1, -0.05) is 17.8 Å². The minimum atomic E-state index is 0.0871. The zero-order valence-electron chi connectivity index (χ0n) is 13.9. The van der Waals surface area contributed by atoms with Crippen LogP contribution < -0.4 is 5.32 Å². The summed E-state index contributed by atoms with van der Waals surface area (Å²) in [5.74, 6) is 1.17. The first kappa shape index (κ1) is 16.1. The number of thioether (sulfide) groups is 1. The molecule has 0 saturated heterocycles. The molecule has 5 heteroatoms. The van der Waals surface area contributed by atoms with Crippen molar-refractivity contribution >= 4 is 17.7 Å². The minimum absolute atomic E-state index is 0.0871. The Kier molecular flexibility index (Phi) is 4.76. The van der Waals surface area contributed by atoms with E-state index < -0.39 is 0 Å². The van der Waals surface area contributed by atoms with Gasteiger partial charge in [-0.2, -0.15) is 0 Å². The van der Waals surface area contributed by atoms with Gasteiger partial charge >= 0.3 is 0 Å². The number of imidazole rings is 1. The van der Waals surface area contributed by atoms with E-state index in [2.05, 4.69) is 49.3 Å². The van der Waals surface area contributed by atoms with Crippen molar-refractivity contribution in [3.8, 4) is 5.69 Å². The first-order valence-electron chi connectivity index (χ1n) is 8.07. The van der Waals surface area contributed by atoms with Crippen molar-refractivity contribution in [3.63, 3.8) is 0 Å². The van der Waals surface area contributed by atoms with Crippen LogP contribution in [0.25, 0.3) is 5.69 Å². The summed E-state index contributed by atoms with van der Waals surface area (Å²) < 4.78 is 2.04. The van der Waals surface area contributed by atoms with Crippen molar-refractivity contribution in [1.82, 2.24) is 14.9 Å². The molecule has 0 spiro atoms. The summed E-state index contributed by atoms with van der Waals surface area (Å²) >= 11 is 1.48. The molecule has 23 heavy (non-hydrogen) atoms. The van der Waals surface area contributed by atoms with Gasteiger partial charge in [0.1, 0.15) is 0 Å². The number of nitrogens with zero attached hydrogens (tertiary/aromatic N) is 2. The highest BCUT2D eigenvalue weighted by atomic mass is 32.2. The average molecular weight is 329 g/mol. The van der Waals surface area contributed by atoms with Crippen LogP contribution in [0.3, 0.4) is 0 Å². The Bertz CT molecular complexity index is 706. The summed E-state index contributed by atoms with van der Waals surface area (Å²) in [6.07, 6.45) is 6.21. The number of carbonyl (C=O) groups is 1. The molecule has 4 nitrogen and oxygen atoms in total. The van der Waals surface area contributed by atoms with Crippen molar-refractivity contribution in [2.45, 2.75) is 44.8 Å². The first-order valence-corrected chi connectivity index (χ1v) is 9.06. The summed E-state index contributed by atoms with van der Waals surface area (Å²) in [4.78, 5) is 16.4. The molecule has 1 N–H and O–H groups in total. The summed E-state index contributed by atoms with van der Waals surface area (Å²) in [5, 5.41) is 3.93. The molecule has 1 aromatic heterocycles. The molecule has 0 radical (unpaired) electrons. The Balaban J connectivity index is 1.63. The number of aryl methyl sites for hydroxylation is 2. The zero-order chi connectivity index (χ0) is 16.4. The molecule has 1 aliphatic rings. The van der Waals surface area contributed by atoms with Crippen molar-refractivity contribution in [2.24, 2.45) is 5.92 Å². The predicted octanol–water partition coefficient (Wildman–Crippen LogP) is 3.50. The quantitative estimate of drug-likeness (QED) is 0.825. The van der Waals surface area contributed by atoms with Crippen LogP contribution in [0.15, 0.2) is 35.7 Å². The summed E-state index contributed by atoms with van der Waals surface area (Å²) in [6.45, 7) is 6.31. The van der Waals surface area contributed by atoms with Gasteiger partial charge in [0, 0.05) is 24.1 Å². The largest absolute Gasteiger partial charge is 0.353 e. The van der Waals surface area contributed by atoms with Crippen molar-refractivity contribution in [1.29, 1.82) is 0 Å². The molecule has 1 aromatic carbocycles. The Labute approximate surface area is 141 Å². The maximum atomic E-state index is 12.1.